The van der Waals surface area contributed by atoms with E-state index in [9.17, 15) is 9.59 Å². The third-order valence-electron chi connectivity index (χ3n) is 5.44. The quantitative estimate of drug-likeness (QED) is 0.850. The Hall–Kier alpha value is -1.06. The lowest BCUT2D eigenvalue weighted by molar-refractivity contribution is -0.140. The fourth-order valence-corrected chi connectivity index (χ4v) is 4.39. The van der Waals surface area contributed by atoms with Crippen LogP contribution in [0.1, 0.15) is 44.9 Å². The van der Waals surface area contributed by atoms with Crippen LogP contribution in [0.25, 0.3) is 0 Å². The first-order valence-corrected chi connectivity index (χ1v) is 7.64. The highest BCUT2D eigenvalue weighted by atomic mass is 16.4. The SMILES string of the molecule is O=C(O)CC1CCN(C(=O)C2CC3CCC2C3)CC1. The number of rotatable bonds is 3. The van der Waals surface area contributed by atoms with Crippen molar-refractivity contribution in [2.24, 2.45) is 23.7 Å². The molecule has 1 aliphatic heterocycles. The molecule has 106 valence electrons. The third-order valence-corrected chi connectivity index (χ3v) is 5.44. The van der Waals surface area contributed by atoms with E-state index in [1.165, 1.54) is 19.3 Å². The molecular formula is C15H23NO3. The first-order chi connectivity index (χ1) is 9.13. The fourth-order valence-electron chi connectivity index (χ4n) is 4.39. The van der Waals surface area contributed by atoms with Crippen molar-refractivity contribution in [3.8, 4) is 0 Å². The first kappa shape index (κ1) is 12.9. The van der Waals surface area contributed by atoms with Crippen molar-refractivity contribution >= 4 is 11.9 Å². The number of carbonyl (C=O) groups excluding carboxylic acids is 1. The summed E-state index contributed by atoms with van der Waals surface area (Å²) in [4.78, 5) is 25.2. The Labute approximate surface area is 114 Å². The molecule has 3 atom stereocenters. The molecule has 1 N–H and O–H groups in total. The smallest absolute Gasteiger partial charge is 0.303 e. The zero-order valence-corrected chi connectivity index (χ0v) is 11.4. The Morgan fingerprint density at radius 3 is 2.32 bits per heavy atom. The molecule has 1 saturated heterocycles. The lowest BCUT2D eigenvalue weighted by Crippen LogP contribution is -2.43. The predicted octanol–water partition coefficient (Wildman–Crippen LogP) is 2.14. The van der Waals surface area contributed by atoms with Crippen molar-refractivity contribution < 1.29 is 14.7 Å². The van der Waals surface area contributed by atoms with Crippen molar-refractivity contribution in [1.82, 2.24) is 4.90 Å². The summed E-state index contributed by atoms with van der Waals surface area (Å²) in [5.41, 5.74) is 0. The summed E-state index contributed by atoms with van der Waals surface area (Å²) >= 11 is 0. The topological polar surface area (TPSA) is 57.6 Å². The molecule has 2 aliphatic carbocycles. The van der Waals surface area contributed by atoms with Gasteiger partial charge in [0.25, 0.3) is 0 Å². The minimum atomic E-state index is -0.710. The van der Waals surface area contributed by atoms with Crippen molar-refractivity contribution in [3.63, 3.8) is 0 Å². The third kappa shape index (κ3) is 2.63. The number of amides is 1. The molecule has 4 heteroatoms. The van der Waals surface area contributed by atoms with E-state index < -0.39 is 5.97 Å². The number of piperidine rings is 1. The molecule has 3 fully saturated rings. The zero-order valence-electron chi connectivity index (χ0n) is 11.4. The molecule has 3 aliphatic rings. The van der Waals surface area contributed by atoms with Gasteiger partial charge in [0.2, 0.25) is 5.91 Å². The molecule has 0 aromatic heterocycles. The molecule has 3 unspecified atom stereocenters. The number of carboxylic acid groups (broad SMARTS) is 1. The van der Waals surface area contributed by atoms with Gasteiger partial charge in [0.15, 0.2) is 0 Å². The number of hydrogen-bond donors (Lipinski definition) is 1. The van der Waals surface area contributed by atoms with Gasteiger partial charge in [-0.05, 0) is 49.9 Å². The number of aliphatic carboxylic acids is 1. The lowest BCUT2D eigenvalue weighted by atomic mass is 9.86. The van der Waals surface area contributed by atoms with Crippen molar-refractivity contribution in [2.45, 2.75) is 44.9 Å². The molecule has 2 saturated carbocycles. The molecule has 2 bridgehead atoms. The van der Waals surface area contributed by atoms with Gasteiger partial charge in [0.05, 0.1) is 0 Å². The maximum absolute atomic E-state index is 12.5. The maximum atomic E-state index is 12.5. The van der Waals surface area contributed by atoms with Crippen LogP contribution >= 0.6 is 0 Å². The van der Waals surface area contributed by atoms with E-state index in [2.05, 4.69) is 0 Å². The number of nitrogens with zero attached hydrogens (tertiary/aromatic N) is 1. The summed E-state index contributed by atoms with van der Waals surface area (Å²) in [5, 5.41) is 8.80. The maximum Gasteiger partial charge on any atom is 0.303 e. The number of carboxylic acids is 1. The molecule has 0 spiro atoms. The first-order valence-electron chi connectivity index (χ1n) is 7.64. The summed E-state index contributed by atoms with van der Waals surface area (Å²) in [6.45, 7) is 1.54. The van der Waals surface area contributed by atoms with Gasteiger partial charge < -0.3 is 10.0 Å². The Kier molecular flexibility index (Phi) is 3.50. The summed E-state index contributed by atoms with van der Waals surface area (Å²) in [5.74, 6) is 1.66. The Morgan fingerprint density at radius 1 is 1.05 bits per heavy atom. The molecule has 4 nitrogen and oxygen atoms in total. The Balaban J connectivity index is 1.51. The standard InChI is InChI=1S/C15H23NO3/c17-14(18)9-10-3-5-16(6-4-10)15(19)13-8-11-1-2-12(13)7-11/h10-13H,1-9H2,(H,17,18). The van der Waals surface area contributed by atoms with E-state index in [0.717, 1.165) is 38.3 Å². The van der Waals surface area contributed by atoms with Crippen LogP contribution in [0.15, 0.2) is 0 Å². The highest BCUT2D eigenvalue weighted by Gasteiger charge is 2.44. The van der Waals surface area contributed by atoms with Crippen molar-refractivity contribution in [1.29, 1.82) is 0 Å². The number of carbonyl (C=O) groups is 2. The summed E-state index contributed by atoms with van der Waals surface area (Å²) in [6, 6.07) is 0. The molecule has 0 aromatic rings. The second kappa shape index (κ2) is 5.14. The van der Waals surface area contributed by atoms with Gasteiger partial charge in [-0.3, -0.25) is 9.59 Å². The second-order valence-electron chi connectivity index (χ2n) is 6.65. The predicted molar refractivity (Wildman–Crippen MR) is 70.5 cm³/mol. The number of hydrogen-bond acceptors (Lipinski definition) is 2. The minimum Gasteiger partial charge on any atom is -0.481 e. The van der Waals surface area contributed by atoms with Gasteiger partial charge in [-0.25, -0.2) is 0 Å². The van der Waals surface area contributed by atoms with Gasteiger partial charge >= 0.3 is 5.97 Å². The van der Waals surface area contributed by atoms with E-state index in [1.807, 2.05) is 4.90 Å². The molecule has 0 aromatic carbocycles. The monoisotopic (exact) mass is 265 g/mol. The van der Waals surface area contributed by atoms with E-state index in [-0.39, 0.29) is 18.3 Å². The van der Waals surface area contributed by atoms with Crippen LogP contribution in [0.5, 0.6) is 0 Å². The van der Waals surface area contributed by atoms with E-state index in [4.69, 9.17) is 5.11 Å². The van der Waals surface area contributed by atoms with Crippen molar-refractivity contribution in [2.75, 3.05) is 13.1 Å². The summed E-state index contributed by atoms with van der Waals surface area (Å²) < 4.78 is 0. The van der Waals surface area contributed by atoms with Crippen LogP contribution in [0.3, 0.4) is 0 Å². The molecule has 1 amide bonds. The van der Waals surface area contributed by atoms with Crippen LogP contribution in [0.4, 0.5) is 0 Å². The molecule has 3 rings (SSSR count). The zero-order chi connectivity index (χ0) is 13.4. The Morgan fingerprint density at radius 2 is 1.79 bits per heavy atom. The van der Waals surface area contributed by atoms with Crippen LogP contribution in [-0.2, 0) is 9.59 Å². The van der Waals surface area contributed by atoms with Crippen LogP contribution in [0, 0.1) is 23.7 Å². The van der Waals surface area contributed by atoms with Crippen LogP contribution in [0.2, 0.25) is 0 Å². The average Bonchev–Trinajstić information content (AvgIpc) is 3.00. The molecule has 1 heterocycles. The molecule has 0 radical (unpaired) electrons. The highest BCUT2D eigenvalue weighted by molar-refractivity contribution is 5.79. The van der Waals surface area contributed by atoms with E-state index >= 15 is 0 Å². The summed E-state index contributed by atoms with van der Waals surface area (Å²) in [7, 11) is 0. The normalized spacial score (nSPS) is 34.7. The van der Waals surface area contributed by atoms with Gasteiger partial charge in [-0.1, -0.05) is 6.42 Å². The van der Waals surface area contributed by atoms with Gasteiger partial charge in [-0.15, -0.1) is 0 Å². The lowest BCUT2D eigenvalue weighted by Gasteiger charge is -2.35. The van der Waals surface area contributed by atoms with Gasteiger partial charge in [-0.2, -0.15) is 0 Å². The van der Waals surface area contributed by atoms with E-state index in [0.29, 0.717) is 11.8 Å². The Bertz CT molecular complexity index is 374. The summed E-state index contributed by atoms with van der Waals surface area (Å²) in [6.07, 6.45) is 6.93. The van der Waals surface area contributed by atoms with Crippen LogP contribution < -0.4 is 0 Å². The minimum absolute atomic E-state index is 0.260. The number of fused-ring (bicyclic) bond motifs is 2. The van der Waals surface area contributed by atoms with Gasteiger partial charge in [0, 0.05) is 25.4 Å². The molecular weight excluding hydrogens is 242 g/mol. The fraction of sp³-hybridized carbons (Fsp3) is 0.867. The van der Waals surface area contributed by atoms with E-state index in [1.54, 1.807) is 0 Å². The number of likely N-dealkylation sites (tertiary alicyclic amines) is 1. The molecule has 19 heavy (non-hydrogen) atoms. The van der Waals surface area contributed by atoms with Gasteiger partial charge in [0.1, 0.15) is 0 Å². The van der Waals surface area contributed by atoms with Crippen LogP contribution in [-0.4, -0.2) is 35.0 Å². The average molecular weight is 265 g/mol. The largest absolute Gasteiger partial charge is 0.481 e. The van der Waals surface area contributed by atoms with Crippen molar-refractivity contribution in [3.05, 3.63) is 0 Å². The highest BCUT2D eigenvalue weighted by Crippen LogP contribution is 2.49. The second-order valence-corrected chi connectivity index (χ2v) is 6.65.